The van der Waals surface area contributed by atoms with E-state index in [0.29, 0.717) is 0 Å². The minimum absolute atomic E-state index is 0.254. The molecule has 2 aromatic rings. The minimum atomic E-state index is 0.254. The van der Waals surface area contributed by atoms with Crippen molar-refractivity contribution < 1.29 is 4.74 Å². The van der Waals surface area contributed by atoms with Crippen LogP contribution in [-0.4, -0.2) is 11.6 Å². The number of aromatic nitrogens is 1. The number of pyridine rings is 1. The van der Waals surface area contributed by atoms with Gasteiger partial charge < -0.3 is 4.74 Å². The predicted octanol–water partition coefficient (Wildman–Crippen LogP) is 3.99. The van der Waals surface area contributed by atoms with Gasteiger partial charge in [0.25, 0.3) is 0 Å². The first-order valence-corrected chi connectivity index (χ1v) is 6.56. The van der Waals surface area contributed by atoms with Gasteiger partial charge in [0.2, 0.25) is 0 Å². The Hall–Kier alpha value is -1.67. The third kappa shape index (κ3) is 2.44. The molecule has 0 amide bonds. The zero-order chi connectivity index (χ0) is 12.2. The Kier molecular flexibility index (Phi) is 3.37. The first kappa shape index (κ1) is 11.4. The summed E-state index contributed by atoms with van der Waals surface area (Å²) in [7, 11) is 0. The van der Waals surface area contributed by atoms with Gasteiger partial charge >= 0.3 is 0 Å². The second-order valence-corrected chi connectivity index (χ2v) is 4.70. The lowest BCUT2D eigenvalue weighted by Gasteiger charge is -2.23. The summed E-state index contributed by atoms with van der Waals surface area (Å²) in [6.07, 6.45) is 5.71. The van der Waals surface area contributed by atoms with Gasteiger partial charge in [0.1, 0.15) is 0 Å². The van der Waals surface area contributed by atoms with Crippen LogP contribution in [0.15, 0.2) is 48.7 Å². The third-order valence-electron chi connectivity index (χ3n) is 3.41. The van der Waals surface area contributed by atoms with Gasteiger partial charge in [0.05, 0.1) is 11.8 Å². The molecule has 2 heteroatoms. The molecular weight excluding hydrogens is 222 g/mol. The molecule has 92 valence electrons. The molecule has 0 radical (unpaired) electrons. The molecule has 1 atom stereocenters. The zero-order valence-corrected chi connectivity index (χ0v) is 10.4. The first-order chi connectivity index (χ1) is 8.93. The van der Waals surface area contributed by atoms with E-state index in [0.717, 1.165) is 24.3 Å². The zero-order valence-electron chi connectivity index (χ0n) is 10.4. The van der Waals surface area contributed by atoms with Crippen LogP contribution in [0, 0.1) is 0 Å². The van der Waals surface area contributed by atoms with Crippen molar-refractivity contribution >= 4 is 0 Å². The summed E-state index contributed by atoms with van der Waals surface area (Å²) in [5.74, 6) is 0. The van der Waals surface area contributed by atoms with Crippen LogP contribution in [0.2, 0.25) is 0 Å². The molecule has 0 bridgehead atoms. The Balaban J connectivity index is 1.89. The number of ether oxygens (including phenoxy) is 1. The fourth-order valence-electron chi connectivity index (χ4n) is 2.42. The van der Waals surface area contributed by atoms with E-state index in [1.165, 1.54) is 18.4 Å². The molecule has 1 aliphatic rings. The normalized spacial score (nSPS) is 19.7. The van der Waals surface area contributed by atoms with Crippen LogP contribution in [0.1, 0.15) is 30.9 Å². The van der Waals surface area contributed by atoms with E-state index in [2.05, 4.69) is 29.2 Å². The van der Waals surface area contributed by atoms with Gasteiger partial charge in [-0.1, -0.05) is 30.3 Å². The summed E-state index contributed by atoms with van der Waals surface area (Å²) in [5, 5.41) is 0. The molecule has 0 spiro atoms. The fraction of sp³-hybridized carbons (Fsp3) is 0.312. The molecule has 0 aliphatic carbocycles. The van der Waals surface area contributed by atoms with Crippen molar-refractivity contribution in [1.82, 2.24) is 4.98 Å². The van der Waals surface area contributed by atoms with E-state index >= 15 is 0 Å². The summed E-state index contributed by atoms with van der Waals surface area (Å²) in [5.41, 5.74) is 3.45. The van der Waals surface area contributed by atoms with Gasteiger partial charge in [-0.15, -0.1) is 0 Å². The fourth-order valence-corrected chi connectivity index (χ4v) is 2.42. The molecule has 0 N–H and O–H groups in total. The molecule has 1 saturated heterocycles. The molecule has 0 saturated carbocycles. The van der Waals surface area contributed by atoms with E-state index < -0.39 is 0 Å². The van der Waals surface area contributed by atoms with E-state index in [9.17, 15) is 0 Å². The maximum Gasteiger partial charge on any atom is 0.0826 e. The lowest BCUT2D eigenvalue weighted by molar-refractivity contribution is 0.0149. The van der Waals surface area contributed by atoms with Crippen LogP contribution in [0.3, 0.4) is 0 Å². The summed E-state index contributed by atoms with van der Waals surface area (Å²) >= 11 is 0. The highest BCUT2D eigenvalue weighted by Crippen LogP contribution is 2.29. The third-order valence-corrected chi connectivity index (χ3v) is 3.41. The van der Waals surface area contributed by atoms with Crippen molar-refractivity contribution in [3.8, 4) is 11.3 Å². The predicted molar refractivity (Wildman–Crippen MR) is 72.2 cm³/mol. The van der Waals surface area contributed by atoms with Crippen molar-refractivity contribution in [2.75, 3.05) is 6.61 Å². The van der Waals surface area contributed by atoms with E-state index in [1.54, 1.807) is 0 Å². The molecular formula is C16H17NO. The van der Waals surface area contributed by atoms with Gasteiger partial charge in [0, 0.05) is 18.4 Å². The number of hydrogen-bond acceptors (Lipinski definition) is 2. The van der Waals surface area contributed by atoms with Gasteiger partial charge in [-0.05, 0) is 37.0 Å². The largest absolute Gasteiger partial charge is 0.374 e. The molecule has 1 aromatic heterocycles. The number of nitrogens with zero attached hydrogens (tertiary/aromatic N) is 1. The monoisotopic (exact) mass is 239 g/mol. The lowest BCUT2D eigenvalue weighted by Crippen LogP contribution is -2.11. The molecule has 2 nitrogen and oxygen atoms in total. The van der Waals surface area contributed by atoms with Crippen LogP contribution >= 0.6 is 0 Å². The summed E-state index contributed by atoms with van der Waals surface area (Å²) in [6, 6.07) is 14.5. The second-order valence-electron chi connectivity index (χ2n) is 4.70. The maximum atomic E-state index is 5.83. The molecule has 18 heavy (non-hydrogen) atoms. The highest BCUT2D eigenvalue weighted by atomic mass is 16.5. The van der Waals surface area contributed by atoms with Gasteiger partial charge in [-0.3, -0.25) is 4.98 Å². The lowest BCUT2D eigenvalue weighted by atomic mass is 10.0. The Labute approximate surface area is 108 Å². The first-order valence-electron chi connectivity index (χ1n) is 6.56. The molecule has 1 aromatic carbocycles. The Bertz CT molecular complexity index is 504. The SMILES string of the molecule is c1ccc(-c2cc(C3CCCCO3)ccn2)cc1. The quantitative estimate of drug-likeness (QED) is 0.790. The standard InChI is InChI=1S/C16H17NO/c1-2-6-13(7-3-1)15-12-14(9-10-17-15)16-8-4-5-11-18-16/h1-3,6-7,9-10,12,16H,4-5,8,11H2. The van der Waals surface area contributed by atoms with Crippen LogP contribution in [0.4, 0.5) is 0 Å². The molecule has 3 rings (SSSR count). The second kappa shape index (κ2) is 5.32. The maximum absolute atomic E-state index is 5.83. The summed E-state index contributed by atoms with van der Waals surface area (Å²) < 4.78 is 5.83. The van der Waals surface area contributed by atoms with Crippen molar-refractivity contribution in [2.24, 2.45) is 0 Å². The Morgan fingerprint density at radius 1 is 1.06 bits per heavy atom. The van der Waals surface area contributed by atoms with E-state index in [4.69, 9.17) is 4.74 Å². The highest BCUT2D eigenvalue weighted by molar-refractivity contribution is 5.59. The smallest absolute Gasteiger partial charge is 0.0826 e. The Morgan fingerprint density at radius 3 is 2.72 bits per heavy atom. The van der Waals surface area contributed by atoms with Crippen molar-refractivity contribution in [3.05, 3.63) is 54.2 Å². The van der Waals surface area contributed by atoms with Gasteiger partial charge in [-0.2, -0.15) is 0 Å². The van der Waals surface area contributed by atoms with Crippen LogP contribution in [0.5, 0.6) is 0 Å². The van der Waals surface area contributed by atoms with E-state index in [-0.39, 0.29) is 6.10 Å². The van der Waals surface area contributed by atoms with Crippen LogP contribution < -0.4 is 0 Å². The van der Waals surface area contributed by atoms with Crippen molar-refractivity contribution in [3.63, 3.8) is 0 Å². The van der Waals surface area contributed by atoms with Gasteiger partial charge in [0.15, 0.2) is 0 Å². The summed E-state index contributed by atoms with van der Waals surface area (Å²) in [6.45, 7) is 0.883. The van der Waals surface area contributed by atoms with E-state index in [1.807, 2.05) is 24.4 Å². The number of benzene rings is 1. The number of rotatable bonds is 2. The summed E-state index contributed by atoms with van der Waals surface area (Å²) in [4.78, 5) is 4.45. The molecule has 1 aliphatic heterocycles. The van der Waals surface area contributed by atoms with Crippen molar-refractivity contribution in [2.45, 2.75) is 25.4 Å². The average Bonchev–Trinajstić information content (AvgIpc) is 2.49. The molecule has 2 heterocycles. The minimum Gasteiger partial charge on any atom is -0.374 e. The topological polar surface area (TPSA) is 22.1 Å². The van der Waals surface area contributed by atoms with Crippen molar-refractivity contribution in [1.29, 1.82) is 0 Å². The van der Waals surface area contributed by atoms with Crippen LogP contribution in [0.25, 0.3) is 11.3 Å². The van der Waals surface area contributed by atoms with Gasteiger partial charge in [-0.25, -0.2) is 0 Å². The number of hydrogen-bond donors (Lipinski definition) is 0. The Morgan fingerprint density at radius 2 is 1.94 bits per heavy atom. The highest BCUT2D eigenvalue weighted by Gasteiger charge is 2.16. The molecule has 1 fully saturated rings. The van der Waals surface area contributed by atoms with Crippen LogP contribution in [-0.2, 0) is 4.74 Å². The average molecular weight is 239 g/mol. The molecule has 1 unspecified atom stereocenters.